The van der Waals surface area contributed by atoms with E-state index in [0.717, 1.165) is 6.42 Å². The largest absolute Gasteiger partial charge is 0.494 e. The monoisotopic (exact) mass is 293 g/mol. The summed E-state index contributed by atoms with van der Waals surface area (Å²) in [6.07, 6.45) is 0.0663. The maximum absolute atomic E-state index is 12.0. The fourth-order valence-corrected chi connectivity index (χ4v) is 2.12. The van der Waals surface area contributed by atoms with Gasteiger partial charge in [-0.15, -0.1) is 0 Å². The molecule has 1 heterocycles. The van der Waals surface area contributed by atoms with E-state index in [4.69, 9.17) is 14.6 Å². The Morgan fingerprint density at radius 2 is 2.14 bits per heavy atom. The summed E-state index contributed by atoms with van der Waals surface area (Å²) in [6.45, 7) is 2.63. The Morgan fingerprint density at radius 1 is 1.38 bits per heavy atom. The highest BCUT2D eigenvalue weighted by molar-refractivity contribution is 5.94. The van der Waals surface area contributed by atoms with E-state index in [2.05, 4.69) is 5.32 Å². The van der Waals surface area contributed by atoms with Gasteiger partial charge in [-0.25, -0.2) is 4.79 Å². The molecule has 0 unspecified atom stereocenters. The summed E-state index contributed by atoms with van der Waals surface area (Å²) in [5.74, 6) is -0.669. The van der Waals surface area contributed by atoms with Gasteiger partial charge in [0.05, 0.1) is 6.61 Å². The number of rotatable bonds is 6. The van der Waals surface area contributed by atoms with Crippen LogP contribution in [-0.4, -0.2) is 35.8 Å². The standard InChI is InChI=1S/C15H19NO5/c1-2-8-20-11-5-3-4-10(9-11)16-14(17)12-6-7-13(21-12)15(18)19/h3-5,9,12-13H,2,6-8H2,1H3,(H,16,17)(H,18,19)/t12-,13+/m0/s1. The highest BCUT2D eigenvalue weighted by atomic mass is 16.5. The molecular formula is C15H19NO5. The van der Waals surface area contributed by atoms with Crippen molar-refractivity contribution in [2.75, 3.05) is 11.9 Å². The van der Waals surface area contributed by atoms with Crippen LogP contribution in [0.25, 0.3) is 0 Å². The SMILES string of the molecule is CCCOc1cccc(NC(=O)[C@@H]2CC[C@H](C(=O)O)O2)c1. The summed E-state index contributed by atoms with van der Waals surface area (Å²) in [6, 6.07) is 7.09. The van der Waals surface area contributed by atoms with Crippen molar-refractivity contribution in [3.63, 3.8) is 0 Å². The Kier molecular flexibility index (Phi) is 5.16. The molecule has 114 valence electrons. The third-order valence-corrected chi connectivity index (χ3v) is 3.16. The van der Waals surface area contributed by atoms with Crippen LogP contribution in [0, 0.1) is 0 Å². The first-order valence-corrected chi connectivity index (χ1v) is 7.02. The summed E-state index contributed by atoms with van der Waals surface area (Å²) in [4.78, 5) is 22.8. The predicted octanol–water partition coefficient (Wildman–Crippen LogP) is 2.05. The van der Waals surface area contributed by atoms with Gasteiger partial charge in [0.1, 0.15) is 11.9 Å². The molecule has 0 aliphatic carbocycles. The van der Waals surface area contributed by atoms with Crippen molar-refractivity contribution in [1.82, 2.24) is 0 Å². The van der Waals surface area contributed by atoms with Crippen LogP contribution >= 0.6 is 0 Å². The van der Waals surface area contributed by atoms with Crippen molar-refractivity contribution >= 4 is 17.6 Å². The van der Waals surface area contributed by atoms with Crippen LogP contribution in [0.2, 0.25) is 0 Å². The van der Waals surface area contributed by atoms with Crippen molar-refractivity contribution in [2.24, 2.45) is 0 Å². The summed E-state index contributed by atoms with van der Waals surface area (Å²) in [7, 11) is 0. The molecule has 1 amide bonds. The predicted molar refractivity (Wildman–Crippen MR) is 76.4 cm³/mol. The number of carboxylic acid groups (broad SMARTS) is 1. The second-order valence-electron chi connectivity index (χ2n) is 4.89. The second-order valence-corrected chi connectivity index (χ2v) is 4.89. The zero-order chi connectivity index (χ0) is 15.2. The summed E-state index contributed by atoms with van der Waals surface area (Å²) in [5.41, 5.74) is 0.607. The van der Waals surface area contributed by atoms with Gasteiger partial charge in [0.2, 0.25) is 0 Å². The number of hydrogen-bond acceptors (Lipinski definition) is 4. The van der Waals surface area contributed by atoms with Crippen LogP contribution in [-0.2, 0) is 14.3 Å². The molecule has 0 bridgehead atoms. The minimum atomic E-state index is -1.03. The molecule has 21 heavy (non-hydrogen) atoms. The van der Waals surface area contributed by atoms with Crippen molar-refractivity contribution in [2.45, 2.75) is 38.4 Å². The highest BCUT2D eigenvalue weighted by Crippen LogP contribution is 2.23. The Labute approximate surface area is 123 Å². The number of anilines is 1. The molecule has 2 atom stereocenters. The Balaban J connectivity index is 1.92. The van der Waals surface area contributed by atoms with Gasteiger partial charge in [-0.3, -0.25) is 4.79 Å². The maximum Gasteiger partial charge on any atom is 0.332 e. The lowest BCUT2D eigenvalue weighted by Crippen LogP contribution is -2.29. The zero-order valence-electron chi connectivity index (χ0n) is 11.9. The maximum atomic E-state index is 12.0. The first-order chi connectivity index (χ1) is 10.1. The second kappa shape index (κ2) is 7.08. The fourth-order valence-electron chi connectivity index (χ4n) is 2.12. The molecule has 1 fully saturated rings. The third kappa shape index (κ3) is 4.19. The molecule has 1 saturated heterocycles. The third-order valence-electron chi connectivity index (χ3n) is 3.16. The molecule has 0 radical (unpaired) electrons. The Bertz CT molecular complexity index is 517. The molecule has 1 aromatic rings. The van der Waals surface area contributed by atoms with E-state index in [1.54, 1.807) is 18.2 Å². The minimum Gasteiger partial charge on any atom is -0.494 e. The lowest BCUT2D eigenvalue weighted by atomic mass is 10.2. The van der Waals surface area contributed by atoms with Crippen molar-refractivity contribution in [1.29, 1.82) is 0 Å². The van der Waals surface area contributed by atoms with Gasteiger partial charge in [0, 0.05) is 11.8 Å². The van der Waals surface area contributed by atoms with Crippen LogP contribution in [0.3, 0.4) is 0 Å². The van der Waals surface area contributed by atoms with Crippen molar-refractivity contribution in [3.05, 3.63) is 24.3 Å². The number of amides is 1. The topological polar surface area (TPSA) is 84.9 Å². The van der Waals surface area contributed by atoms with E-state index in [0.29, 0.717) is 30.9 Å². The van der Waals surface area contributed by atoms with Crippen LogP contribution in [0.15, 0.2) is 24.3 Å². The van der Waals surface area contributed by atoms with Crippen LogP contribution in [0.1, 0.15) is 26.2 Å². The van der Waals surface area contributed by atoms with E-state index in [-0.39, 0.29) is 5.91 Å². The van der Waals surface area contributed by atoms with Gasteiger partial charge in [0.15, 0.2) is 6.10 Å². The molecule has 1 aliphatic heterocycles. The van der Waals surface area contributed by atoms with Crippen LogP contribution < -0.4 is 10.1 Å². The average molecular weight is 293 g/mol. The number of hydrogen-bond donors (Lipinski definition) is 2. The molecule has 6 nitrogen and oxygen atoms in total. The fraction of sp³-hybridized carbons (Fsp3) is 0.467. The van der Waals surface area contributed by atoms with E-state index in [1.807, 2.05) is 13.0 Å². The smallest absolute Gasteiger partial charge is 0.332 e. The first-order valence-electron chi connectivity index (χ1n) is 7.02. The Hall–Kier alpha value is -2.08. The van der Waals surface area contributed by atoms with Gasteiger partial charge in [-0.05, 0) is 31.4 Å². The van der Waals surface area contributed by atoms with E-state index >= 15 is 0 Å². The summed E-state index contributed by atoms with van der Waals surface area (Å²) >= 11 is 0. The molecule has 0 spiro atoms. The lowest BCUT2D eigenvalue weighted by Gasteiger charge is -2.12. The van der Waals surface area contributed by atoms with Crippen molar-refractivity contribution in [3.8, 4) is 5.75 Å². The number of carbonyl (C=O) groups excluding carboxylic acids is 1. The average Bonchev–Trinajstić information content (AvgIpc) is 2.95. The quantitative estimate of drug-likeness (QED) is 0.838. The molecule has 1 aromatic carbocycles. The van der Waals surface area contributed by atoms with Crippen LogP contribution in [0.4, 0.5) is 5.69 Å². The summed E-state index contributed by atoms with van der Waals surface area (Å²) < 4.78 is 10.7. The van der Waals surface area contributed by atoms with Crippen LogP contribution in [0.5, 0.6) is 5.75 Å². The van der Waals surface area contributed by atoms with Gasteiger partial charge < -0.3 is 19.9 Å². The molecule has 2 N–H and O–H groups in total. The normalized spacial score (nSPS) is 21.0. The molecule has 2 rings (SSSR count). The lowest BCUT2D eigenvalue weighted by molar-refractivity contribution is -0.150. The van der Waals surface area contributed by atoms with Crippen molar-refractivity contribution < 1.29 is 24.2 Å². The summed E-state index contributed by atoms with van der Waals surface area (Å²) in [5, 5.41) is 11.6. The molecule has 6 heteroatoms. The highest BCUT2D eigenvalue weighted by Gasteiger charge is 2.34. The zero-order valence-corrected chi connectivity index (χ0v) is 11.9. The van der Waals surface area contributed by atoms with Gasteiger partial charge >= 0.3 is 5.97 Å². The molecular weight excluding hydrogens is 274 g/mol. The first kappa shape index (κ1) is 15.3. The Morgan fingerprint density at radius 3 is 2.81 bits per heavy atom. The minimum absolute atomic E-state index is 0.327. The molecule has 0 saturated carbocycles. The number of nitrogens with one attached hydrogen (secondary N) is 1. The number of carboxylic acids is 1. The van der Waals surface area contributed by atoms with E-state index in [1.165, 1.54) is 0 Å². The van der Waals surface area contributed by atoms with Gasteiger partial charge in [-0.2, -0.15) is 0 Å². The van der Waals surface area contributed by atoms with E-state index in [9.17, 15) is 9.59 Å². The number of aliphatic carboxylic acids is 1. The van der Waals surface area contributed by atoms with Gasteiger partial charge in [-0.1, -0.05) is 13.0 Å². The van der Waals surface area contributed by atoms with Gasteiger partial charge in [0.25, 0.3) is 5.91 Å². The molecule has 0 aromatic heterocycles. The number of carbonyl (C=O) groups is 2. The molecule has 1 aliphatic rings. The number of benzene rings is 1. The van der Waals surface area contributed by atoms with E-state index < -0.39 is 18.2 Å². The number of ether oxygens (including phenoxy) is 2.